The minimum atomic E-state index is 0.700. The van der Waals surface area contributed by atoms with Gasteiger partial charge in [0.05, 0.1) is 13.2 Å². The van der Waals surface area contributed by atoms with Crippen LogP contribution in [0.2, 0.25) is 0 Å². The fourth-order valence-corrected chi connectivity index (χ4v) is 3.44. The van der Waals surface area contributed by atoms with Crippen LogP contribution in [0.5, 0.6) is 0 Å². The largest absolute Gasteiger partial charge is 0.379 e. The van der Waals surface area contributed by atoms with E-state index in [1.807, 2.05) is 0 Å². The maximum atomic E-state index is 5.39. The predicted octanol–water partition coefficient (Wildman–Crippen LogP) is 2.07. The van der Waals surface area contributed by atoms with Gasteiger partial charge in [-0.25, -0.2) is 0 Å². The van der Waals surface area contributed by atoms with Crippen LogP contribution in [0.15, 0.2) is 35.3 Å². The summed E-state index contributed by atoms with van der Waals surface area (Å²) in [6, 6.07) is 10.8. The Morgan fingerprint density at radius 3 is 2.76 bits per heavy atom. The molecule has 1 saturated heterocycles. The molecule has 1 aliphatic heterocycles. The van der Waals surface area contributed by atoms with E-state index < -0.39 is 0 Å². The highest BCUT2D eigenvalue weighted by Gasteiger charge is 2.37. The highest BCUT2D eigenvalue weighted by atomic mass is 16.5. The second-order valence-electron chi connectivity index (χ2n) is 6.97. The molecule has 1 aromatic carbocycles. The lowest BCUT2D eigenvalue weighted by atomic mass is 10.1. The molecule has 2 atom stereocenters. The van der Waals surface area contributed by atoms with Gasteiger partial charge in [0.2, 0.25) is 0 Å². The lowest BCUT2D eigenvalue weighted by molar-refractivity contribution is 0.0376. The molecule has 1 aromatic rings. The lowest BCUT2D eigenvalue weighted by Crippen LogP contribution is -2.40. The van der Waals surface area contributed by atoms with Crippen molar-refractivity contribution in [1.29, 1.82) is 0 Å². The van der Waals surface area contributed by atoms with E-state index >= 15 is 0 Å². The van der Waals surface area contributed by atoms with Crippen LogP contribution < -0.4 is 10.6 Å². The van der Waals surface area contributed by atoms with Gasteiger partial charge in [-0.05, 0) is 43.7 Å². The van der Waals surface area contributed by atoms with Crippen LogP contribution >= 0.6 is 0 Å². The van der Waals surface area contributed by atoms with Gasteiger partial charge in [-0.3, -0.25) is 9.89 Å². The van der Waals surface area contributed by atoms with Crippen molar-refractivity contribution in [3.63, 3.8) is 0 Å². The number of morpholine rings is 1. The molecule has 5 heteroatoms. The molecule has 2 aliphatic rings. The zero-order valence-electron chi connectivity index (χ0n) is 15.4. The summed E-state index contributed by atoms with van der Waals surface area (Å²) in [7, 11) is 0. The normalized spacial score (nSPS) is 24.1. The van der Waals surface area contributed by atoms with Crippen LogP contribution in [0.3, 0.4) is 0 Å². The van der Waals surface area contributed by atoms with Gasteiger partial charge in [0.15, 0.2) is 5.96 Å². The van der Waals surface area contributed by atoms with Crippen molar-refractivity contribution in [3.8, 4) is 0 Å². The molecule has 0 amide bonds. The Kier molecular flexibility index (Phi) is 7.12. The third-order valence-electron chi connectivity index (χ3n) is 5.03. The zero-order valence-corrected chi connectivity index (χ0v) is 15.4. The number of guanidine groups is 1. The number of nitrogens with one attached hydrogen (secondary N) is 2. The molecule has 1 saturated carbocycles. The molecule has 3 rings (SSSR count). The quantitative estimate of drug-likeness (QED) is 0.431. The van der Waals surface area contributed by atoms with E-state index in [0.717, 1.165) is 64.9 Å². The molecular formula is C20H32N4O. The van der Waals surface area contributed by atoms with Gasteiger partial charge in [0.1, 0.15) is 0 Å². The molecule has 2 fully saturated rings. The van der Waals surface area contributed by atoms with Gasteiger partial charge >= 0.3 is 0 Å². The summed E-state index contributed by atoms with van der Waals surface area (Å²) < 4.78 is 5.39. The molecule has 0 aromatic heterocycles. The first-order chi connectivity index (χ1) is 12.4. The van der Waals surface area contributed by atoms with E-state index in [-0.39, 0.29) is 0 Å². The minimum Gasteiger partial charge on any atom is -0.379 e. The smallest absolute Gasteiger partial charge is 0.191 e. The molecule has 1 heterocycles. The highest BCUT2D eigenvalue weighted by molar-refractivity contribution is 5.79. The van der Waals surface area contributed by atoms with Gasteiger partial charge < -0.3 is 15.4 Å². The molecule has 2 N–H and O–H groups in total. The van der Waals surface area contributed by atoms with Crippen molar-refractivity contribution in [1.82, 2.24) is 15.5 Å². The van der Waals surface area contributed by atoms with Gasteiger partial charge in [-0.1, -0.05) is 30.3 Å². The monoisotopic (exact) mass is 344 g/mol. The van der Waals surface area contributed by atoms with Crippen LogP contribution in [0.1, 0.15) is 31.2 Å². The second kappa shape index (κ2) is 9.78. The minimum absolute atomic E-state index is 0.700. The molecule has 0 radical (unpaired) electrons. The van der Waals surface area contributed by atoms with Crippen molar-refractivity contribution in [2.24, 2.45) is 10.9 Å². The number of ether oxygens (including phenoxy) is 1. The molecule has 25 heavy (non-hydrogen) atoms. The van der Waals surface area contributed by atoms with E-state index in [1.165, 1.54) is 12.0 Å². The Hall–Kier alpha value is -1.59. The van der Waals surface area contributed by atoms with E-state index in [9.17, 15) is 0 Å². The van der Waals surface area contributed by atoms with Gasteiger partial charge in [0, 0.05) is 32.7 Å². The average Bonchev–Trinajstić information content (AvgIpc) is 3.44. The van der Waals surface area contributed by atoms with E-state index in [4.69, 9.17) is 9.73 Å². The summed E-state index contributed by atoms with van der Waals surface area (Å²) in [6.07, 6.45) is 2.41. The Balaban J connectivity index is 1.36. The summed E-state index contributed by atoms with van der Waals surface area (Å²) in [4.78, 5) is 7.27. The number of nitrogens with zero attached hydrogens (tertiary/aromatic N) is 2. The fourth-order valence-electron chi connectivity index (χ4n) is 3.44. The van der Waals surface area contributed by atoms with Crippen LogP contribution in [0.4, 0.5) is 0 Å². The van der Waals surface area contributed by atoms with Crippen molar-refractivity contribution >= 4 is 5.96 Å². The number of rotatable bonds is 8. The fraction of sp³-hybridized carbons (Fsp3) is 0.650. The Bertz CT molecular complexity index is 528. The Morgan fingerprint density at radius 1 is 1.20 bits per heavy atom. The van der Waals surface area contributed by atoms with Crippen LogP contribution in [-0.2, 0) is 4.74 Å². The SMILES string of the molecule is CCNC(=NCC1CC1c1ccccc1)NCCCN1CCOCC1. The van der Waals surface area contributed by atoms with Crippen LogP contribution in [0.25, 0.3) is 0 Å². The van der Waals surface area contributed by atoms with Crippen LogP contribution in [-0.4, -0.2) is 63.3 Å². The summed E-state index contributed by atoms with van der Waals surface area (Å²) in [5, 5.41) is 6.84. The molecule has 1 aliphatic carbocycles. The molecular weight excluding hydrogens is 312 g/mol. The molecule has 5 nitrogen and oxygen atoms in total. The predicted molar refractivity (Wildman–Crippen MR) is 103 cm³/mol. The maximum absolute atomic E-state index is 5.39. The highest BCUT2D eigenvalue weighted by Crippen LogP contribution is 2.47. The Morgan fingerprint density at radius 2 is 2.00 bits per heavy atom. The van der Waals surface area contributed by atoms with Crippen molar-refractivity contribution in [2.75, 3.05) is 52.5 Å². The second-order valence-corrected chi connectivity index (χ2v) is 6.97. The zero-order chi connectivity index (χ0) is 17.3. The first kappa shape index (κ1) is 18.2. The first-order valence-electron chi connectivity index (χ1n) is 9.74. The molecule has 138 valence electrons. The summed E-state index contributed by atoms with van der Waals surface area (Å²) in [5.74, 6) is 2.36. The first-order valence-corrected chi connectivity index (χ1v) is 9.74. The third-order valence-corrected chi connectivity index (χ3v) is 5.03. The van der Waals surface area contributed by atoms with E-state index in [1.54, 1.807) is 0 Å². The topological polar surface area (TPSA) is 48.9 Å². The van der Waals surface area contributed by atoms with Crippen molar-refractivity contribution < 1.29 is 4.74 Å². The van der Waals surface area contributed by atoms with Gasteiger partial charge in [-0.15, -0.1) is 0 Å². The van der Waals surface area contributed by atoms with Crippen LogP contribution in [0, 0.1) is 5.92 Å². The molecule has 0 spiro atoms. The van der Waals surface area contributed by atoms with E-state index in [0.29, 0.717) is 11.8 Å². The third kappa shape index (κ3) is 6.01. The summed E-state index contributed by atoms with van der Waals surface area (Å²) >= 11 is 0. The van der Waals surface area contributed by atoms with Gasteiger partial charge in [0.25, 0.3) is 0 Å². The molecule has 0 bridgehead atoms. The standard InChI is InChI=1S/C20H32N4O/c1-2-21-20(22-9-6-10-24-11-13-25-14-12-24)23-16-18-15-19(18)17-7-4-3-5-8-17/h3-5,7-8,18-19H,2,6,9-16H2,1H3,(H2,21,22,23). The summed E-state index contributed by atoms with van der Waals surface area (Å²) in [6.45, 7) is 9.93. The molecule has 2 unspecified atom stereocenters. The van der Waals surface area contributed by atoms with Gasteiger partial charge in [-0.2, -0.15) is 0 Å². The van der Waals surface area contributed by atoms with Crippen molar-refractivity contribution in [2.45, 2.75) is 25.7 Å². The Labute approximate surface area is 151 Å². The number of hydrogen-bond acceptors (Lipinski definition) is 3. The van der Waals surface area contributed by atoms with E-state index in [2.05, 4.69) is 52.8 Å². The maximum Gasteiger partial charge on any atom is 0.191 e. The summed E-state index contributed by atoms with van der Waals surface area (Å²) in [5.41, 5.74) is 1.46. The number of hydrogen-bond donors (Lipinski definition) is 2. The number of aliphatic imine (C=N–C) groups is 1. The lowest BCUT2D eigenvalue weighted by Gasteiger charge is -2.26. The van der Waals surface area contributed by atoms with Crippen molar-refractivity contribution in [3.05, 3.63) is 35.9 Å². The number of benzene rings is 1. The average molecular weight is 345 g/mol.